The van der Waals surface area contributed by atoms with Crippen molar-refractivity contribution in [1.82, 2.24) is 0 Å². The van der Waals surface area contributed by atoms with Crippen LogP contribution in [-0.4, -0.2) is 216 Å². The SMILES string of the molecule is C/C=C(/C)C(=O)O[C@H]1[C@H](OC(=O)/C(C)=C\C)[C@@]2(CO)C(CC1(C)C)C1=CCC3[C@@]4(C)CC[C@H](O[C@@H]5OC(C(=O)O)[C@@H](O)[C@@H](O[C@@H]6O[C@@H](CO)[C@@H](O)C6O)C5O[C@@H]5OC(CO)[C@@H](O)[C@@H](O)C5O)[C@@](C)(CO)C4CC[C@@]3(C)[C@]1(C)C[C@H]2O. The number of aliphatic carboxylic acids is 1. The average Bonchev–Trinajstić information content (AvgIpc) is 3.85. The second-order valence-electron chi connectivity index (χ2n) is 25.8. The third-order valence-electron chi connectivity index (χ3n) is 21.4. The fourth-order valence-corrected chi connectivity index (χ4v) is 16.2. The topological polar surface area (TPSA) is 368 Å². The molecule has 8 aliphatic rings. The average molecular weight is 1140 g/mol. The molecule has 26 atom stereocenters. The molecular formula is C57H88O23. The van der Waals surface area contributed by atoms with E-state index in [-0.39, 0.29) is 24.7 Å². The minimum Gasteiger partial charge on any atom is -0.479 e. The van der Waals surface area contributed by atoms with Crippen LogP contribution >= 0.6 is 0 Å². The molecule has 3 aliphatic heterocycles. The fourth-order valence-electron chi connectivity index (χ4n) is 16.2. The highest BCUT2D eigenvalue weighted by Crippen LogP contribution is 2.76. The molecule has 8 unspecified atom stereocenters. The Morgan fingerprint density at radius 2 is 1.19 bits per heavy atom. The summed E-state index contributed by atoms with van der Waals surface area (Å²) in [6, 6.07) is 0. The van der Waals surface area contributed by atoms with Crippen LogP contribution in [0.15, 0.2) is 34.9 Å². The zero-order valence-corrected chi connectivity index (χ0v) is 47.5. The Kier molecular flexibility index (Phi) is 18.2. The van der Waals surface area contributed by atoms with E-state index < -0.39 is 193 Å². The Labute approximate surface area is 466 Å². The van der Waals surface area contributed by atoms with Gasteiger partial charge in [0.1, 0.15) is 67.1 Å². The quantitative estimate of drug-likeness (QED) is 0.0453. The van der Waals surface area contributed by atoms with Crippen molar-refractivity contribution < 1.29 is 114 Å². The van der Waals surface area contributed by atoms with Gasteiger partial charge < -0.3 is 99.2 Å². The maximum absolute atomic E-state index is 13.8. The van der Waals surface area contributed by atoms with E-state index in [1.165, 1.54) is 0 Å². The highest BCUT2D eigenvalue weighted by Gasteiger charge is 2.74. The van der Waals surface area contributed by atoms with Crippen LogP contribution in [0.5, 0.6) is 0 Å². The lowest BCUT2D eigenvalue weighted by Crippen LogP contribution is -2.72. The van der Waals surface area contributed by atoms with Gasteiger partial charge in [0.2, 0.25) is 0 Å². The largest absolute Gasteiger partial charge is 0.479 e. The van der Waals surface area contributed by atoms with Gasteiger partial charge in [-0.15, -0.1) is 0 Å². The third-order valence-corrected chi connectivity index (χ3v) is 21.4. The number of aliphatic hydroxyl groups excluding tert-OH is 11. The molecule has 0 aromatic carbocycles. The van der Waals surface area contributed by atoms with Crippen molar-refractivity contribution in [3.05, 3.63) is 34.9 Å². The van der Waals surface area contributed by atoms with E-state index in [9.17, 15) is 75.7 Å². The standard InChI is InChI=1S/C57H88O23/c1-11-25(3)47(71)79-44-45(80-48(72)26(4)12-2)57(24-61)28(19-52(44,5)6)27-13-14-32-53(7)17-16-34(54(8,23-60)31(53)15-18-55(32,9)56(27,10)20-33(57)62)75-51-43(78-50-39(67)37(65)35(63)29(21-58)73-50)41(40(68)42(77-51)46(69)70)76-49-38(66)36(64)30(22-59)74-49/h11-13,28-45,49-51,58-68H,14-24H2,1-10H3,(H,69,70)/b25-11-,26-12-/t28?,29?,30-,31?,32?,33+,34-,35+,36+,37+,38?,39?,40-,41+,42?,43?,44-,45-,49-,50-,51+,53-,54-,55+,56+,57-/m0/s1. The molecule has 23 nitrogen and oxygen atoms in total. The second kappa shape index (κ2) is 23.1. The molecule has 7 fully saturated rings. The van der Waals surface area contributed by atoms with Gasteiger partial charge >= 0.3 is 17.9 Å². The first-order chi connectivity index (χ1) is 37.5. The van der Waals surface area contributed by atoms with Gasteiger partial charge in [0, 0.05) is 22.0 Å². The van der Waals surface area contributed by atoms with E-state index >= 15 is 0 Å². The lowest BCUT2D eigenvalue weighted by molar-refractivity contribution is -0.387. The highest BCUT2D eigenvalue weighted by molar-refractivity contribution is 5.89. The van der Waals surface area contributed by atoms with Crippen LogP contribution in [0.1, 0.15) is 114 Å². The van der Waals surface area contributed by atoms with E-state index in [4.69, 9.17) is 37.9 Å². The number of carboxylic acid groups (broad SMARTS) is 1. The summed E-state index contributed by atoms with van der Waals surface area (Å²) in [4.78, 5) is 40.3. The third kappa shape index (κ3) is 9.95. The van der Waals surface area contributed by atoms with Crippen molar-refractivity contribution >= 4 is 17.9 Å². The zero-order valence-electron chi connectivity index (χ0n) is 47.5. The molecule has 0 radical (unpaired) electrons. The molecule has 0 aromatic heterocycles. The molecule has 0 bridgehead atoms. The predicted molar refractivity (Wildman–Crippen MR) is 277 cm³/mol. The molecule has 3 heterocycles. The molecule has 4 saturated carbocycles. The van der Waals surface area contributed by atoms with Gasteiger partial charge in [-0.2, -0.15) is 0 Å². The number of ether oxygens (including phenoxy) is 8. The minimum absolute atomic E-state index is 0.0864. The zero-order chi connectivity index (χ0) is 59.1. The van der Waals surface area contributed by atoms with Gasteiger partial charge in [-0.1, -0.05) is 65.3 Å². The lowest BCUT2D eigenvalue weighted by atomic mass is 9.33. The van der Waals surface area contributed by atoms with Crippen molar-refractivity contribution in [2.24, 2.45) is 50.2 Å². The fraction of sp³-hybridized carbons (Fsp3) is 0.842. The number of rotatable bonds is 15. The Bertz CT molecular complexity index is 2380. The van der Waals surface area contributed by atoms with Gasteiger partial charge in [0.25, 0.3) is 0 Å². The van der Waals surface area contributed by atoms with Crippen LogP contribution < -0.4 is 0 Å². The number of hydrogen-bond acceptors (Lipinski definition) is 22. The maximum Gasteiger partial charge on any atom is 0.335 e. The summed E-state index contributed by atoms with van der Waals surface area (Å²) < 4.78 is 49.0. The van der Waals surface area contributed by atoms with Gasteiger partial charge in [-0.3, -0.25) is 0 Å². The van der Waals surface area contributed by atoms with Crippen molar-refractivity contribution in [1.29, 1.82) is 0 Å². The summed E-state index contributed by atoms with van der Waals surface area (Å²) in [6.45, 7) is 16.4. The van der Waals surface area contributed by atoms with Gasteiger partial charge in [0.15, 0.2) is 31.1 Å². The van der Waals surface area contributed by atoms with Crippen molar-refractivity contribution in [2.75, 3.05) is 26.4 Å². The van der Waals surface area contributed by atoms with Crippen molar-refractivity contribution in [2.45, 2.75) is 225 Å². The van der Waals surface area contributed by atoms with Gasteiger partial charge in [0.05, 0.1) is 44.1 Å². The number of carbonyl (C=O) groups is 3. The molecule has 80 heavy (non-hydrogen) atoms. The molecular weight excluding hydrogens is 1050 g/mol. The number of aliphatic hydroxyl groups is 11. The van der Waals surface area contributed by atoms with Crippen LogP contribution in [-0.2, 0) is 52.3 Å². The molecule has 0 aromatic rings. The lowest BCUT2D eigenvalue weighted by Gasteiger charge is -2.72. The maximum atomic E-state index is 13.8. The van der Waals surface area contributed by atoms with Crippen LogP contribution in [0.2, 0.25) is 0 Å². The molecule has 23 heteroatoms. The number of carboxylic acids is 1. The Hall–Kier alpha value is -3.05. The first-order valence-corrected chi connectivity index (χ1v) is 28.2. The van der Waals surface area contributed by atoms with Crippen LogP contribution in [0.4, 0.5) is 0 Å². The minimum atomic E-state index is -2.15. The summed E-state index contributed by atoms with van der Waals surface area (Å²) in [6.07, 6.45) is -21.9. The molecule has 454 valence electrons. The first-order valence-electron chi connectivity index (χ1n) is 28.2. The summed E-state index contributed by atoms with van der Waals surface area (Å²) in [5.74, 6) is -3.87. The molecule has 0 spiro atoms. The second-order valence-corrected chi connectivity index (χ2v) is 25.8. The van der Waals surface area contributed by atoms with E-state index in [0.29, 0.717) is 43.3 Å². The first kappa shape index (κ1) is 63.0. The van der Waals surface area contributed by atoms with Crippen LogP contribution in [0, 0.1) is 50.2 Å². The normalized spacial score (nSPS) is 49.3. The Balaban J connectivity index is 1.14. The van der Waals surface area contributed by atoms with Gasteiger partial charge in [-0.05, 0) is 107 Å². The van der Waals surface area contributed by atoms with Crippen molar-refractivity contribution in [3.8, 4) is 0 Å². The number of allylic oxidation sites excluding steroid dienone is 4. The Morgan fingerprint density at radius 1 is 0.637 bits per heavy atom. The molecule has 5 aliphatic carbocycles. The van der Waals surface area contributed by atoms with Crippen LogP contribution in [0.3, 0.4) is 0 Å². The highest BCUT2D eigenvalue weighted by atomic mass is 16.8. The van der Waals surface area contributed by atoms with Crippen molar-refractivity contribution in [3.63, 3.8) is 0 Å². The smallest absolute Gasteiger partial charge is 0.335 e. The monoisotopic (exact) mass is 1140 g/mol. The molecule has 12 N–H and O–H groups in total. The number of esters is 2. The number of carbonyl (C=O) groups excluding carboxylic acids is 2. The van der Waals surface area contributed by atoms with E-state index in [0.717, 1.165) is 5.57 Å². The van der Waals surface area contributed by atoms with E-state index in [1.807, 2.05) is 20.8 Å². The predicted octanol–water partition coefficient (Wildman–Crippen LogP) is 0.264. The van der Waals surface area contributed by atoms with Crippen LogP contribution in [0.25, 0.3) is 0 Å². The van der Waals surface area contributed by atoms with E-state index in [1.54, 1.807) is 39.8 Å². The summed E-state index contributed by atoms with van der Waals surface area (Å²) >= 11 is 0. The summed E-state index contributed by atoms with van der Waals surface area (Å²) in [7, 11) is 0. The molecule has 3 saturated heterocycles. The Morgan fingerprint density at radius 3 is 1.73 bits per heavy atom. The molecule has 8 rings (SSSR count). The number of fused-ring (bicyclic) bond motifs is 7. The van der Waals surface area contributed by atoms with E-state index in [2.05, 4.69) is 26.8 Å². The summed E-state index contributed by atoms with van der Waals surface area (Å²) in [5.41, 5.74) is -3.55. The number of hydrogen-bond donors (Lipinski definition) is 12. The van der Waals surface area contributed by atoms with Gasteiger partial charge in [-0.25, -0.2) is 14.4 Å². The summed E-state index contributed by atoms with van der Waals surface area (Å²) in [5, 5.41) is 133. The molecule has 0 amide bonds.